The lowest BCUT2D eigenvalue weighted by Crippen LogP contribution is -2.40. The van der Waals surface area contributed by atoms with Crippen LogP contribution in [-0.2, 0) is 19.3 Å². The number of H-pyrrole nitrogens is 1. The van der Waals surface area contributed by atoms with Crippen molar-refractivity contribution in [2.45, 2.75) is 44.8 Å². The Morgan fingerprint density at radius 1 is 1.25 bits per heavy atom. The van der Waals surface area contributed by atoms with Gasteiger partial charge in [-0.2, -0.15) is 18.3 Å². The number of anilines is 1. The highest BCUT2D eigenvalue weighted by atomic mass is 19.4. The number of amides is 1. The number of aromatic amines is 1. The van der Waals surface area contributed by atoms with Crippen LogP contribution in [0.25, 0.3) is 0 Å². The number of alkyl halides is 3. The van der Waals surface area contributed by atoms with Gasteiger partial charge in [0.2, 0.25) is 5.96 Å². The lowest BCUT2D eigenvalue weighted by atomic mass is 10.0. The molecule has 2 aliphatic heterocycles. The number of hydrogen-bond donors (Lipinski definition) is 4. The fraction of sp³-hybridized carbons (Fsp3) is 0.292. The van der Waals surface area contributed by atoms with Crippen LogP contribution in [0.4, 0.5) is 23.2 Å². The molecule has 3 heterocycles. The van der Waals surface area contributed by atoms with Gasteiger partial charge in [0.1, 0.15) is 12.0 Å². The molecule has 36 heavy (non-hydrogen) atoms. The molecule has 0 saturated heterocycles. The van der Waals surface area contributed by atoms with Crippen molar-refractivity contribution in [1.82, 2.24) is 20.4 Å². The molecule has 5 rings (SSSR count). The Labute approximate surface area is 203 Å². The molecule has 0 saturated carbocycles. The number of hydrogen-bond acceptors (Lipinski definition) is 6. The first-order valence-electron chi connectivity index (χ1n) is 11.3. The lowest BCUT2D eigenvalue weighted by molar-refractivity contribution is -0.138. The number of guanidine groups is 1. The molecule has 0 radical (unpaired) electrons. The summed E-state index contributed by atoms with van der Waals surface area (Å²) in [5.41, 5.74) is 7.09. The normalized spacial score (nSPS) is 18.9. The zero-order valence-corrected chi connectivity index (χ0v) is 19.2. The molecular formula is C24H23F4N7O. The molecule has 0 bridgehead atoms. The number of aliphatic imine (C=N–C) groups is 1. The van der Waals surface area contributed by atoms with Crippen LogP contribution in [0.1, 0.15) is 63.9 Å². The summed E-state index contributed by atoms with van der Waals surface area (Å²) in [6, 6.07) is 7.63. The highest BCUT2D eigenvalue weighted by Crippen LogP contribution is 2.39. The van der Waals surface area contributed by atoms with Gasteiger partial charge in [-0.1, -0.05) is 25.1 Å². The molecule has 8 nitrogen and oxygen atoms in total. The van der Waals surface area contributed by atoms with Gasteiger partial charge < -0.3 is 16.0 Å². The summed E-state index contributed by atoms with van der Waals surface area (Å²) in [5.74, 6) is -1.23. The summed E-state index contributed by atoms with van der Waals surface area (Å²) >= 11 is 0. The second-order valence-electron chi connectivity index (χ2n) is 8.62. The molecule has 3 aromatic rings. The van der Waals surface area contributed by atoms with Crippen LogP contribution in [0.3, 0.4) is 0 Å². The van der Waals surface area contributed by atoms with E-state index in [1.807, 2.05) is 11.8 Å². The first-order chi connectivity index (χ1) is 17.2. The predicted molar refractivity (Wildman–Crippen MR) is 124 cm³/mol. The maximum Gasteiger partial charge on any atom is 0.416 e. The number of benzene rings is 2. The number of carbonyl (C=O) groups is 1. The minimum atomic E-state index is -4.72. The van der Waals surface area contributed by atoms with Crippen molar-refractivity contribution in [3.05, 3.63) is 81.9 Å². The summed E-state index contributed by atoms with van der Waals surface area (Å²) in [5, 5.41) is 13.3. The van der Waals surface area contributed by atoms with Crippen LogP contribution in [0.2, 0.25) is 0 Å². The molecule has 1 unspecified atom stereocenters. The molecule has 0 fully saturated rings. The molecule has 5 N–H and O–H groups in total. The van der Waals surface area contributed by atoms with Gasteiger partial charge in [-0.25, -0.2) is 9.38 Å². The molecule has 2 atom stereocenters. The summed E-state index contributed by atoms with van der Waals surface area (Å²) < 4.78 is 55.0. The molecule has 1 amide bonds. The highest BCUT2D eigenvalue weighted by Gasteiger charge is 2.37. The van der Waals surface area contributed by atoms with Crippen LogP contribution >= 0.6 is 0 Å². The largest absolute Gasteiger partial charge is 0.416 e. The Balaban J connectivity index is 1.53. The zero-order chi connectivity index (χ0) is 25.6. The van der Waals surface area contributed by atoms with E-state index in [1.165, 1.54) is 0 Å². The second kappa shape index (κ2) is 8.94. The third-order valence-corrected chi connectivity index (χ3v) is 6.50. The first kappa shape index (κ1) is 23.8. The van der Waals surface area contributed by atoms with Gasteiger partial charge in [-0.05, 0) is 24.6 Å². The Morgan fingerprint density at radius 3 is 2.75 bits per heavy atom. The Morgan fingerprint density at radius 2 is 2.03 bits per heavy atom. The van der Waals surface area contributed by atoms with Crippen molar-refractivity contribution >= 4 is 17.6 Å². The number of nitrogens with two attached hydrogens (primary N) is 1. The number of nitrogens with one attached hydrogen (secondary N) is 3. The lowest BCUT2D eigenvalue weighted by Gasteiger charge is -2.34. The van der Waals surface area contributed by atoms with E-state index < -0.39 is 41.7 Å². The molecule has 2 aromatic carbocycles. The van der Waals surface area contributed by atoms with E-state index >= 15 is 0 Å². The molecule has 1 aromatic heterocycles. The number of halogens is 4. The third-order valence-electron chi connectivity index (χ3n) is 6.50. The van der Waals surface area contributed by atoms with E-state index in [0.29, 0.717) is 23.8 Å². The minimum Gasteiger partial charge on any atom is -0.366 e. The number of aromatic nitrogens is 2. The number of fused-ring (bicyclic) bond motifs is 2. The van der Waals surface area contributed by atoms with Gasteiger partial charge in [0.25, 0.3) is 5.91 Å². The van der Waals surface area contributed by atoms with Crippen molar-refractivity contribution < 1.29 is 22.4 Å². The van der Waals surface area contributed by atoms with E-state index in [4.69, 9.17) is 10.7 Å². The second-order valence-corrected chi connectivity index (χ2v) is 8.62. The Kier molecular flexibility index (Phi) is 5.91. The molecule has 0 aliphatic carbocycles. The van der Waals surface area contributed by atoms with Crippen molar-refractivity contribution in [3.63, 3.8) is 0 Å². The summed E-state index contributed by atoms with van der Waals surface area (Å²) in [6.07, 6.45) is -3.13. The Bertz CT molecular complexity index is 1350. The average molecular weight is 501 g/mol. The SMILES string of the molecule is CC[C@H]1c2[nH]ncc2CN1C1=NC(NCc2c(F)cccc2C(F)(F)F)c2cccc(C(N)=O)c2N1. The topological polar surface area (TPSA) is 111 Å². The summed E-state index contributed by atoms with van der Waals surface area (Å²) in [7, 11) is 0. The third kappa shape index (κ3) is 4.06. The van der Waals surface area contributed by atoms with E-state index in [9.17, 15) is 22.4 Å². The predicted octanol–water partition coefficient (Wildman–Crippen LogP) is 4.20. The van der Waals surface area contributed by atoms with Crippen LogP contribution in [0.15, 0.2) is 47.6 Å². The smallest absolute Gasteiger partial charge is 0.366 e. The molecule has 12 heteroatoms. The van der Waals surface area contributed by atoms with Crippen molar-refractivity contribution in [2.75, 3.05) is 5.32 Å². The molecule has 188 valence electrons. The summed E-state index contributed by atoms with van der Waals surface area (Å²) in [4.78, 5) is 18.9. The van der Waals surface area contributed by atoms with Gasteiger partial charge in [-0.15, -0.1) is 0 Å². The van der Waals surface area contributed by atoms with Crippen LogP contribution in [0.5, 0.6) is 0 Å². The van der Waals surface area contributed by atoms with Gasteiger partial charge >= 0.3 is 6.18 Å². The molecule has 2 aliphatic rings. The minimum absolute atomic E-state index is 0.0832. The van der Waals surface area contributed by atoms with Crippen LogP contribution in [-0.4, -0.2) is 27.0 Å². The quantitative estimate of drug-likeness (QED) is 0.392. The van der Waals surface area contributed by atoms with Crippen LogP contribution in [0, 0.1) is 5.82 Å². The first-order valence-corrected chi connectivity index (χ1v) is 11.3. The van der Waals surface area contributed by atoms with E-state index in [0.717, 1.165) is 35.9 Å². The van der Waals surface area contributed by atoms with Gasteiger partial charge in [0.05, 0.1) is 34.7 Å². The highest BCUT2D eigenvalue weighted by molar-refractivity contribution is 6.06. The van der Waals surface area contributed by atoms with E-state index in [1.54, 1.807) is 24.4 Å². The Hall–Kier alpha value is -3.93. The maximum atomic E-state index is 14.5. The monoisotopic (exact) mass is 501 g/mol. The standard InChI is InChI=1S/C24H23F4N7O/c1-2-18-19-12(9-31-34-19)11-35(18)23-32-20-13(21(29)36)5-3-6-14(20)22(33-23)30-10-15-16(24(26,27)28)7-4-8-17(15)25/h3-9,18,22,30H,2,10-11H2,1H3,(H2,29,36)(H,31,34)(H,32,33)/t18-,22?/m0/s1. The van der Waals surface area contributed by atoms with Gasteiger partial charge in [0.15, 0.2) is 0 Å². The van der Waals surface area contributed by atoms with E-state index in [2.05, 4.69) is 20.8 Å². The summed E-state index contributed by atoms with van der Waals surface area (Å²) in [6.45, 7) is 2.05. The fourth-order valence-electron chi connectivity index (χ4n) is 4.82. The van der Waals surface area contributed by atoms with Crippen molar-refractivity contribution in [3.8, 4) is 0 Å². The van der Waals surface area contributed by atoms with Crippen molar-refractivity contribution in [2.24, 2.45) is 10.7 Å². The number of para-hydroxylation sites is 1. The number of rotatable bonds is 5. The van der Waals surface area contributed by atoms with Gasteiger partial charge in [0, 0.05) is 29.8 Å². The number of primary amides is 1. The number of carbonyl (C=O) groups excluding carboxylic acids is 1. The molecule has 0 spiro atoms. The van der Waals surface area contributed by atoms with Crippen LogP contribution < -0.4 is 16.4 Å². The fourth-order valence-corrected chi connectivity index (χ4v) is 4.82. The average Bonchev–Trinajstić information content (AvgIpc) is 3.43. The van der Waals surface area contributed by atoms with Gasteiger partial charge in [-0.3, -0.25) is 15.2 Å². The maximum absolute atomic E-state index is 14.5. The number of nitrogens with zero attached hydrogens (tertiary/aromatic N) is 3. The van der Waals surface area contributed by atoms with E-state index in [-0.39, 0.29) is 11.6 Å². The van der Waals surface area contributed by atoms with Crippen molar-refractivity contribution in [1.29, 1.82) is 0 Å². The molecular weight excluding hydrogens is 478 g/mol. The zero-order valence-electron chi connectivity index (χ0n) is 19.2.